The third-order valence-electron chi connectivity index (χ3n) is 3.74. The fourth-order valence-electron chi connectivity index (χ4n) is 2.65. The van der Waals surface area contributed by atoms with Crippen LogP contribution in [0.4, 0.5) is 0 Å². The van der Waals surface area contributed by atoms with Gasteiger partial charge >= 0.3 is 0 Å². The molecule has 1 unspecified atom stereocenters. The van der Waals surface area contributed by atoms with E-state index in [0.717, 1.165) is 31.4 Å². The predicted octanol–water partition coefficient (Wildman–Crippen LogP) is 3.46. The van der Waals surface area contributed by atoms with Crippen LogP contribution in [0.1, 0.15) is 38.1 Å². The van der Waals surface area contributed by atoms with Crippen LogP contribution in [0.2, 0.25) is 5.02 Å². The van der Waals surface area contributed by atoms with Crippen molar-refractivity contribution in [1.29, 1.82) is 0 Å². The van der Waals surface area contributed by atoms with Crippen molar-refractivity contribution in [3.8, 4) is 11.4 Å². The molecule has 1 saturated heterocycles. The molecule has 1 aromatic carbocycles. The van der Waals surface area contributed by atoms with Gasteiger partial charge in [0.25, 0.3) is 0 Å². The Kier molecular flexibility index (Phi) is 3.92. The molecule has 3 rings (SSSR count). The van der Waals surface area contributed by atoms with Gasteiger partial charge in [0.2, 0.25) is 17.6 Å². The minimum Gasteiger partial charge on any atom is -0.337 e. The molecule has 110 valence electrons. The monoisotopic (exact) mass is 305 g/mol. The Morgan fingerprint density at radius 2 is 2.10 bits per heavy atom. The molecule has 1 aromatic heterocycles. The van der Waals surface area contributed by atoms with Gasteiger partial charge in [0.1, 0.15) is 6.04 Å². The van der Waals surface area contributed by atoms with Crippen LogP contribution < -0.4 is 0 Å². The fourth-order valence-corrected chi connectivity index (χ4v) is 2.78. The Bertz CT molecular complexity index is 639. The first-order chi connectivity index (χ1) is 10.1. The third kappa shape index (κ3) is 2.93. The maximum atomic E-state index is 11.7. The molecule has 1 fully saturated rings. The molecular weight excluding hydrogens is 290 g/mol. The summed E-state index contributed by atoms with van der Waals surface area (Å²) in [5, 5.41) is 4.68. The second kappa shape index (κ2) is 5.85. The zero-order valence-electron chi connectivity index (χ0n) is 11.8. The lowest BCUT2D eigenvalue weighted by molar-refractivity contribution is -0.133. The Hall–Kier alpha value is -1.88. The Labute approximate surface area is 127 Å². The average molecular weight is 306 g/mol. The zero-order chi connectivity index (χ0) is 14.8. The molecule has 0 saturated carbocycles. The smallest absolute Gasteiger partial charge is 0.249 e. The first-order valence-corrected chi connectivity index (χ1v) is 7.39. The van der Waals surface area contributed by atoms with Crippen molar-refractivity contribution in [2.24, 2.45) is 0 Å². The van der Waals surface area contributed by atoms with Gasteiger partial charge in [-0.2, -0.15) is 4.98 Å². The van der Waals surface area contributed by atoms with E-state index in [2.05, 4.69) is 10.1 Å². The van der Waals surface area contributed by atoms with Crippen molar-refractivity contribution < 1.29 is 9.32 Å². The summed E-state index contributed by atoms with van der Waals surface area (Å²) >= 11 is 5.87. The van der Waals surface area contributed by atoms with Crippen LogP contribution in [-0.4, -0.2) is 27.5 Å². The van der Waals surface area contributed by atoms with E-state index in [1.807, 2.05) is 17.0 Å². The van der Waals surface area contributed by atoms with Gasteiger partial charge in [0, 0.05) is 24.1 Å². The third-order valence-corrected chi connectivity index (χ3v) is 3.99. The first kappa shape index (κ1) is 14.1. The molecule has 2 aromatic rings. The zero-order valence-corrected chi connectivity index (χ0v) is 12.5. The number of carbonyl (C=O) groups is 1. The van der Waals surface area contributed by atoms with Gasteiger partial charge in [0.05, 0.1) is 0 Å². The fraction of sp³-hybridized carbons (Fsp3) is 0.400. The van der Waals surface area contributed by atoms with Gasteiger partial charge in [-0.25, -0.2) is 0 Å². The molecule has 1 amide bonds. The molecule has 0 bridgehead atoms. The minimum absolute atomic E-state index is 0.0472. The maximum absolute atomic E-state index is 11.7. The van der Waals surface area contributed by atoms with E-state index >= 15 is 0 Å². The summed E-state index contributed by atoms with van der Waals surface area (Å²) in [4.78, 5) is 18.0. The molecule has 1 aliphatic rings. The van der Waals surface area contributed by atoms with Crippen molar-refractivity contribution in [2.75, 3.05) is 6.54 Å². The number of likely N-dealkylation sites (tertiary alicyclic amines) is 1. The van der Waals surface area contributed by atoms with Crippen LogP contribution in [-0.2, 0) is 4.79 Å². The predicted molar refractivity (Wildman–Crippen MR) is 78.7 cm³/mol. The summed E-state index contributed by atoms with van der Waals surface area (Å²) in [6.07, 6.45) is 2.95. The van der Waals surface area contributed by atoms with Crippen molar-refractivity contribution in [3.63, 3.8) is 0 Å². The van der Waals surface area contributed by atoms with Crippen LogP contribution >= 0.6 is 11.6 Å². The highest BCUT2D eigenvalue weighted by Crippen LogP contribution is 2.31. The van der Waals surface area contributed by atoms with Crippen molar-refractivity contribution >= 4 is 17.5 Å². The van der Waals surface area contributed by atoms with Crippen LogP contribution in [0.15, 0.2) is 28.8 Å². The number of hydrogen-bond acceptors (Lipinski definition) is 4. The van der Waals surface area contributed by atoms with Gasteiger partial charge in [-0.1, -0.05) is 16.8 Å². The summed E-state index contributed by atoms with van der Waals surface area (Å²) in [5.41, 5.74) is 0.847. The number of benzene rings is 1. The molecule has 6 heteroatoms. The molecule has 0 aliphatic carbocycles. The standard InChI is InChI=1S/C15H16ClN3O2/c1-10(20)19-9-3-2-4-13(19)15-17-14(18-21-15)11-5-7-12(16)8-6-11/h5-8,13H,2-4,9H2,1H3. The number of rotatable bonds is 2. The molecule has 1 atom stereocenters. The van der Waals surface area contributed by atoms with E-state index < -0.39 is 0 Å². The highest BCUT2D eigenvalue weighted by atomic mass is 35.5. The summed E-state index contributed by atoms with van der Waals surface area (Å²) in [7, 11) is 0. The van der Waals surface area contributed by atoms with Crippen LogP contribution in [0, 0.1) is 0 Å². The van der Waals surface area contributed by atoms with E-state index in [4.69, 9.17) is 16.1 Å². The lowest BCUT2D eigenvalue weighted by atomic mass is 10.0. The van der Waals surface area contributed by atoms with E-state index in [1.165, 1.54) is 0 Å². The lowest BCUT2D eigenvalue weighted by Crippen LogP contribution is -2.37. The molecule has 0 N–H and O–H groups in total. The summed E-state index contributed by atoms with van der Waals surface area (Å²) in [6.45, 7) is 2.33. The van der Waals surface area contributed by atoms with Gasteiger partial charge in [0.15, 0.2) is 0 Å². The molecule has 0 spiro atoms. The first-order valence-electron chi connectivity index (χ1n) is 7.02. The van der Waals surface area contributed by atoms with E-state index in [-0.39, 0.29) is 11.9 Å². The number of amides is 1. The molecule has 1 aliphatic heterocycles. The van der Waals surface area contributed by atoms with Crippen LogP contribution in [0.25, 0.3) is 11.4 Å². The Balaban J connectivity index is 1.86. The molecule has 21 heavy (non-hydrogen) atoms. The molecule has 0 radical (unpaired) electrons. The highest BCUT2D eigenvalue weighted by Gasteiger charge is 2.30. The normalized spacial score (nSPS) is 18.8. The summed E-state index contributed by atoms with van der Waals surface area (Å²) in [6, 6.07) is 7.16. The molecule has 5 nitrogen and oxygen atoms in total. The maximum Gasteiger partial charge on any atom is 0.249 e. The number of hydrogen-bond donors (Lipinski definition) is 0. The largest absolute Gasteiger partial charge is 0.337 e. The number of nitrogens with zero attached hydrogens (tertiary/aromatic N) is 3. The quantitative estimate of drug-likeness (QED) is 0.852. The number of piperidine rings is 1. The van der Waals surface area contributed by atoms with Crippen molar-refractivity contribution in [2.45, 2.75) is 32.2 Å². The second-order valence-electron chi connectivity index (χ2n) is 5.19. The second-order valence-corrected chi connectivity index (χ2v) is 5.62. The van der Waals surface area contributed by atoms with Crippen molar-refractivity contribution in [1.82, 2.24) is 15.0 Å². The van der Waals surface area contributed by atoms with Crippen LogP contribution in [0.5, 0.6) is 0 Å². The number of carbonyl (C=O) groups excluding carboxylic acids is 1. The molecular formula is C15H16ClN3O2. The van der Waals surface area contributed by atoms with Crippen LogP contribution in [0.3, 0.4) is 0 Å². The van der Waals surface area contributed by atoms with Gasteiger partial charge < -0.3 is 9.42 Å². The topological polar surface area (TPSA) is 59.2 Å². The van der Waals surface area contributed by atoms with Gasteiger partial charge in [-0.15, -0.1) is 0 Å². The number of halogens is 1. The van der Waals surface area contributed by atoms with E-state index in [1.54, 1.807) is 19.1 Å². The Morgan fingerprint density at radius 1 is 1.33 bits per heavy atom. The average Bonchev–Trinajstić information content (AvgIpc) is 2.97. The molecule has 2 heterocycles. The van der Waals surface area contributed by atoms with Crippen molar-refractivity contribution in [3.05, 3.63) is 35.2 Å². The van der Waals surface area contributed by atoms with Gasteiger partial charge in [-0.3, -0.25) is 4.79 Å². The minimum atomic E-state index is -0.107. The number of aromatic nitrogens is 2. The Morgan fingerprint density at radius 3 is 2.81 bits per heavy atom. The van der Waals surface area contributed by atoms with E-state index in [0.29, 0.717) is 16.7 Å². The highest BCUT2D eigenvalue weighted by molar-refractivity contribution is 6.30. The summed E-state index contributed by atoms with van der Waals surface area (Å²) < 4.78 is 5.38. The van der Waals surface area contributed by atoms with E-state index in [9.17, 15) is 4.79 Å². The SMILES string of the molecule is CC(=O)N1CCCCC1c1nc(-c2ccc(Cl)cc2)no1. The van der Waals surface area contributed by atoms with Gasteiger partial charge in [-0.05, 0) is 43.5 Å². The lowest BCUT2D eigenvalue weighted by Gasteiger charge is -2.32. The summed E-state index contributed by atoms with van der Waals surface area (Å²) in [5.74, 6) is 1.08.